The number of hydrogen-bond donors (Lipinski definition) is 0. The molecule has 0 heterocycles. The van der Waals surface area contributed by atoms with E-state index in [1.54, 1.807) is 0 Å². The molecule has 0 bridgehead atoms. The third kappa shape index (κ3) is 1.16. The summed E-state index contributed by atoms with van der Waals surface area (Å²) in [5, 5.41) is 5.29. The average molecular weight is 156 g/mol. The predicted octanol–water partition coefficient (Wildman–Crippen LogP) is 2.38. The maximum atomic E-state index is 11.8. The van der Waals surface area contributed by atoms with E-state index in [2.05, 4.69) is 26.3 Å². The molecule has 0 rings (SSSR count). The zero-order chi connectivity index (χ0) is 8.28. The van der Waals surface area contributed by atoms with Crippen molar-refractivity contribution in [3.63, 3.8) is 0 Å². The van der Waals surface area contributed by atoms with Crippen LogP contribution in [-0.2, 0) is 9.07 Å². The van der Waals surface area contributed by atoms with Crippen LogP contribution in [0.1, 0.15) is 0 Å². The first-order chi connectivity index (χ1) is 4.54. The highest BCUT2D eigenvalue weighted by molar-refractivity contribution is 8.29. The maximum absolute atomic E-state index is 11.8. The molecule has 10 heavy (non-hydrogen) atoms. The Balaban J connectivity index is 5.42. The molecule has 2 heteroatoms. The first-order valence-electron chi connectivity index (χ1n) is 2.74. The van der Waals surface area contributed by atoms with Gasteiger partial charge in [-0.25, -0.2) is 0 Å². The molecule has 0 radical (unpaired) electrons. The van der Waals surface area contributed by atoms with Gasteiger partial charge in [-0.15, -0.1) is 0 Å². The van der Waals surface area contributed by atoms with Gasteiger partial charge in [0, 0.05) is 0 Å². The Morgan fingerprint density at radius 1 is 0.800 bits per heavy atom. The average Bonchev–Trinajstić information content (AvgIpc) is 2.04. The van der Waals surface area contributed by atoms with Crippen LogP contribution in [0.4, 0.5) is 0 Å². The fraction of sp³-hybridized carbons (Fsp3) is 0. The topological polar surface area (TPSA) is 17.1 Å². The summed E-state index contributed by atoms with van der Waals surface area (Å²) in [5.41, 5.74) is 0. The molecule has 0 N–H and O–H groups in total. The van der Waals surface area contributed by atoms with Crippen LogP contribution in [0.2, 0.25) is 0 Å². The summed E-state index contributed by atoms with van der Waals surface area (Å²) in [5.74, 6) is 0. The SMILES string of the molecule is C=CS(=O)(C=C)(C=C)C=C. The van der Waals surface area contributed by atoms with Crippen LogP contribution >= 0.6 is 0 Å². The van der Waals surface area contributed by atoms with Crippen LogP contribution in [0.3, 0.4) is 0 Å². The lowest BCUT2D eigenvalue weighted by Crippen LogP contribution is -2.17. The van der Waals surface area contributed by atoms with Crippen molar-refractivity contribution in [3.8, 4) is 0 Å². The molecule has 0 saturated heterocycles. The standard InChI is InChI=1S/C8H12OS/c1-5-10(9,6-2,7-3)8-4/h5-8H,1-4H2. The molecule has 0 aromatic rings. The largest absolute Gasteiger partial charge is 0.266 e. The van der Waals surface area contributed by atoms with Crippen LogP contribution in [0.15, 0.2) is 47.9 Å². The highest BCUT2D eigenvalue weighted by atomic mass is 32.3. The molecule has 1 nitrogen and oxygen atoms in total. The third-order valence-corrected chi connectivity index (χ3v) is 4.28. The zero-order valence-electron chi connectivity index (χ0n) is 5.95. The van der Waals surface area contributed by atoms with E-state index in [0.717, 1.165) is 0 Å². The van der Waals surface area contributed by atoms with E-state index in [1.807, 2.05) is 0 Å². The van der Waals surface area contributed by atoms with Crippen LogP contribution in [0, 0.1) is 0 Å². The molecule has 0 saturated carbocycles. The molecular weight excluding hydrogens is 144 g/mol. The summed E-state index contributed by atoms with van der Waals surface area (Å²) in [6.45, 7) is 13.8. The first kappa shape index (κ1) is 9.11. The molecular formula is C8H12OS. The first-order valence-corrected chi connectivity index (χ1v) is 4.96. The van der Waals surface area contributed by atoms with Gasteiger partial charge in [-0.1, -0.05) is 26.3 Å². The highest BCUT2D eigenvalue weighted by Crippen LogP contribution is 2.29. The molecule has 0 aromatic heterocycles. The zero-order valence-corrected chi connectivity index (χ0v) is 6.77. The normalized spacial score (nSPS) is 14.2. The van der Waals surface area contributed by atoms with E-state index in [9.17, 15) is 4.21 Å². The van der Waals surface area contributed by atoms with Gasteiger partial charge in [0.25, 0.3) is 0 Å². The van der Waals surface area contributed by atoms with Crippen molar-refractivity contribution >= 4 is 9.07 Å². The van der Waals surface area contributed by atoms with Crippen molar-refractivity contribution < 1.29 is 4.21 Å². The lowest BCUT2D eigenvalue weighted by molar-refractivity contribution is 0.681. The highest BCUT2D eigenvalue weighted by Gasteiger charge is 2.19. The molecule has 0 amide bonds. The summed E-state index contributed by atoms with van der Waals surface area (Å²) >= 11 is 0. The lowest BCUT2D eigenvalue weighted by Gasteiger charge is -2.26. The van der Waals surface area contributed by atoms with Gasteiger partial charge < -0.3 is 0 Å². The Bertz CT molecular complexity index is 194. The third-order valence-electron chi connectivity index (χ3n) is 1.43. The molecule has 0 aliphatic heterocycles. The Kier molecular flexibility index (Phi) is 2.17. The quantitative estimate of drug-likeness (QED) is 0.610. The van der Waals surface area contributed by atoms with Crippen molar-refractivity contribution in [1.29, 1.82) is 0 Å². The van der Waals surface area contributed by atoms with Gasteiger partial charge in [0.1, 0.15) is 0 Å². The predicted molar refractivity (Wildman–Crippen MR) is 48.9 cm³/mol. The minimum absolute atomic E-state index is 1.32. The Hall–Kier alpha value is -0.890. The van der Waals surface area contributed by atoms with Gasteiger partial charge in [0.05, 0.1) is 0 Å². The summed E-state index contributed by atoms with van der Waals surface area (Å²) in [7, 11) is -3.11. The van der Waals surface area contributed by atoms with Crippen molar-refractivity contribution in [3.05, 3.63) is 47.9 Å². The van der Waals surface area contributed by atoms with Gasteiger partial charge in [0.2, 0.25) is 0 Å². The second-order valence-electron chi connectivity index (χ2n) is 1.87. The van der Waals surface area contributed by atoms with Crippen molar-refractivity contribution in [1.82, 2.24) is 0 Å². The van der Waals surface area contributed by atoms with Crippen LogP contribution in [0.25, 0.3) is 0 Å². The van der Waals surface area contributed by atoms with Gasteiger partial charge in [0.15, 0.2) is 0 Å². The van der Waals surface area contributed by atoms with E-state index in [4.69, 9.17) is 0 Å². The minimum atomic E-state index is -3.11. The number of rotatable bonds is 4. The van der Waals surface area contributed by atoms with Crippen molar-refractivity contribution in [2.45, 2.75) is 0 Å². The Morgan fingerprint density at radius 2 is 1.00 bits per heavy atom. The molecule has 0 aliphatic carbocycles. The molecule has 0 aliphatic rings. The van der Waals surface area contributed by atoms with Gasteiger partial charge >= 0.3 is 0 Å². The molecule has 0 atom stereocenters. The van der Waals surface area contributed by atoms with Crippen molar-refractivity contribution in [2.24, 2.45) is 0 Å². The maximum Gasteiger partial charge on any atom is -0.0155 e. The molecule has 56 valence electrons. The monoisotopic (exact) mass is 156 g/mol. The minimum Gasteiger partial charge on any atom is -0.266 e. The van der Waals surface area contributed by atoms with E-state index in [1.165, 1.54) is 21.6 Å². The second kappa shape index (κ2) is 2.39. The smallest absolute Gasteiger partial charge is 0.0155 e. The molecule has 0 spiro atoms. The molecule has 0 aromatic carbocycles. The van der Waals surface area contributed by atoms with Crippen LogP contribution in [-0.4, -0.2) is 4.21 Å². The van der Waals surface area contributed by atoms with E-state index < -0.39 is 9.07 Å². The summed E-state index contributed by atoms with van der Waals surface area (Å²) in [6.07, 6.45) is 0. The molecule has 0 fully saturated rings. The van der Waals surface area contributed by atoms with Gasteiger partial charge in [-0.05, 0) is 30.7 Å². The summed E-state index contributed by atoms with van der Waals surface area (Å²) < 4.78 is 11.8. The number of hydrogen-bond acceptors (Lipinski definition) is 1. The van der Waals surface area contributed by atoms with Crippen LogP contribution in [0.5, 0.6) is 0 Å². The summed E-state index contributed by atoms with van der Waals surface area (Å²) in [4.78, 5) is 0. The van der Waals surface area contributed by atoms with E-state index in [0.29, 0.717) is 0 Å². The fourth-order valence-corrected chi connectivity index (χ4v) is 1.22. The Morgan fingerprint density at radius 3 is 1.00 bits per heavy atom. The summed E-state index contributed by atoms with van der Waals surface area (Å²) in [6, 6.07) is 0. The van der Waals surface area contributed by atoms with Gasteiger partial charge in [-0.3, -0.25) is 4.21 Å². The van der Waals surface area contributed by atoms with E-state index in [-0.39, 0.29) is 0 Å². The fourth-order valence-electron chi connectivity index (χ4n) is 0.408. The Labute approximate surface area is 61.8 Å². The van der Waals surface area contributed by atoms with Gasteiger partial charge in [-0.2, -0.15) is 0 Å². The van der Waals surface area contributed by atoms with Crippen LogP contribution < -0.4 is 0 Å². The lowest BCUT2D eigenvalue weighted by atomic mass is 11.2. The van der Waals surface area contributed by atoms with Crippen molar-refractivity contribution in [2.75, 3.05) is 0 Å². The van der Waals surface area contributed by atoms with E-state index >= 15 is 0 Å². The second-order valence-corrected chi connectivity index (χ2v) is 5.60. The molecule has 0 unspecified atom stereocenters.